The van der Waals surface area contributed by atoms with Crippen molar-refractivity contribution < 1.29 is 0 Å². The number of hydrogen-bond donors (Lipinski definition) is 2. The highest BCUT2D eigenvalue weighted by Crippen LogP contribution is 2.39. The van der Waals surface area contributed by atoms with Crippen LogP contribution in [0, 0.1) is 12.8 Å². The van der Waals surface area contributed by atoms with Crippen molar-refractivity contribution in [3.63, 3.8) is 0 Å². The smallest absolute Gasteiger partial charge is 0.0731 e. The third-order valence-electron chi connectivity index (χ3n) is 3.48. The van der Waals surface area contributed by atoms with E-state index in [1.807, 2.05) is 11.3 Å². The molecular weight excluding hydrogens is 284 g/mol. The second kappa shape index (κ2) is 5.63. The summed E-state index contributed by atoms with van der Waals surface area (Å²) in [4.78, 5) is 1.37. The van der Waals surface area contributed by atoms with E-state index in [0.717, 1.165) is 0 Å². The van der Waals surface area contributed by atoms with E-state index >= 15 is 0 Å². The van der Waals surface area contributed by atoms with Crippen molar-refractivity contribution in [2.45, 2.75) is 45.1 Å². The average molecular weight is 303 g/mol. The average Bonchev–Trinajstić information content (AvgIpc) is 2.61. The monoisotopic (exact) mass is 302 g/mol. The molecule has 0 aromatic carbocycles. The Hall–Kier alpha value is 0.100. The topological polar surface area (TPSA) is 38.0 Å². The quantitative estimate of drug-likeness (QED) is 0.656. The summed E-state index contributed by atoms with van der Waals surface area (Å²) >= 11 is 5.40. The fourth-order valence-corrected chi connectivity index (χ4v) is 4.28. The van der Waals surface area contributed by atoms with Gasteiger partial charge in [0.05, 0.1) is 9.83 Å². The van der Waals surface area contributed by atoms with E-state index in [1.54, 1.807) is 0 Å². The van der Waals surface area contributed by atoms with Gasteiger partial charge in [0, 0.05) is 4.88 Å². The van der Waals surface area contributed by atoms with Crippen LogP contribution in [0.15, 0.2) is 9.85 Å². The lowest BCUT2D eigenvalue weighted by Gasteiger charge is -2.29. The third kappa shape index (κ3) is 2.67. The largest absolute Gasteiger partial charge is 0.271 e. The van der Waals surface area contributed by atoms with Gasteiger partial charge in [-0.2, -0.15) is 0 Å². The molecule has 2 nitrogen and oxygen atoms in total. The predicted molar refractivity (Wildman–Crippen MR) is 73.4 cm³/mol. The number of hydrogen-bond acceptors (Lipinski definition) is 3. The van der Waals surface area contributed by atoms with E-state index in [0.29, 0.717) is 12.0 Å². The molecule has 0 bridgehead atoms. The zero-order valence-electron chi connectivity index (χ0n) is 9.63. The molecule has 1 heterocycles. The van der Waals surface area contributed by atoms with Gasteiger partial charge >= 0.3 is 0 Å². The molecule has 2 rings (SSSR count). The molecule has 1 fully saturated rings. The van der Waals surface area contributed by atoms with Crippen LogP contribution in [0.25, 0.3) is 0 Å². The van der Waals surface area contributed by atoms with E-state index in [4.69, 9.17) is 5.84 Å². The van der Waals surface area contributed by atoms with Crippen molar-refractivity contribution in [3.05, 3.63) is 20.3 Å². The van der Waals surface area contributed by atoms with Crippen LogP contribution in [-0.2, 0) is 0 Å². The van der Waals surface area contributed by atoms with Crippen molar-refractivity contribution in [2.75, 3.05) is 0 Å². The number of halogens is 1. The van der Waals surface area contributed by atoms with E-state index in [1.165, 1.54) is 46.3 Å². The van der Waals surface area contributed by atoms with E-state index < -0.39 is 0 Å². The molecule has 90 valence electrons. The summed E-state index contributed by atoms with van der Waals surface area (Å²) in [5.74, 6) is 6.45. The summed E-state index contributed by atoms with van der Waals surface area (Å²) in [7, 11) is 0. The molecule has 0 amide bonds. The maximum atomic E-state index is 5.74. The van der Waals surface area contributed by atoms with E-state index in [2.05, 4.69) is 34.3 Å². The van der Waals surface area contributed by atoms with Crippen molar-refractivity contribution in [2.24, 2.45) is 11.8 Å². The molecule has 16 heavy (non-hydrogen) atoms. The van der Waals surface area contributed by atoms with Crippen molar-refractivity contribution in [1.82, 2.24) is 5.43 Å². The minimum atomic E-state index is 0.343. The Morgan fingerprint density at radius 3 is 2.62 bits per heavy atom. The number of thiophene rings is 1. The van der Waals surface area contributed by atoms with Crippen LogP contribution in [-0.4, -0.2) is 0 Å². The molecule has 1 aromatic heterocycles. The lowest BCUT2D eigenvalue weighted by molar-refractivity contribution is 0.276. The van der Waals surface area contributed by atoms with Gasteiger partial charge in [-0.1, -0.05) is 19.3 Å². The van der Waals surface area contributed by atoms with E-state index in [-0.39, 0.29) is 0 Å². The summed E-state index contributed by atoms with van der Waals surface area (Å²) < 4.78 is 1.23. The lowest BCUT2D eigenvalue weighted by Crippen LogP contribution is -2.34. The number of rotatable bonds is 3. The first-order chi connectivity index (χ1) is 7.72. The maximum Gasteiger partial charge on any atom is 0.0731 e. The minimum absolute atomic E-state index is 0.343. The number of nitrogens with one attached hydrogen (secondary N) is 1. The number of aryl methyl sites for hydroxylation is 1. The highest BCUT2D eigenvalue weighted by atomic mass is 79.9. The van der Waals surface area contributed by atoms with Gasteiger partial charge in [-0.15, -0.1) is 11.3 Å². The Labute approximate surface area is 110 Å². The van der Waals surface area contributed by atoms with Gasteiger partial charge < -0.3 is 0 Å². The third-order valence-corrected chi connectivity index (χ3v) is 5.70. The first kappa shape index (κ1) is 12.6. The van der Waals surface area contributed by atoms with Crippen molar-refractivity contribution >= 4 is 27.3 Å². The summed E-state index contributed by atoms with van der Waals surface area (Å²) in [5.41, 5.74) is 4.33. The molecule has 0 aliphatic heterocycles. The molecule has 0 radical (unpaired) electrons. The summed E-state index contributed by atoms with van der Waals surface area (Å²) in [6.45, 7) is 2.14. The van der Waals surface area contributed by atoms with Gasteiger partial charge in [0.1, 0.15) is 0 Å². The fraction of sp³-hybridized carbons (Fsp3) is 0.667. The number of hydrazine groups is 1. The van der Waals surface area contributed by atoms with Crippen LogP contribution < -0.4 is 11.3 Å². The highest BCUT2D eigenvalue weighted by Gasteiger charge is 2.25. The van der Waals surface area contributed by atoms with Crippen LogP contribution in [0.3, 0.4) is 0 Å². The molecule has 0 saturated heterocycles. The Morgan fingerprint density at radius 2 is 2.12 bits per heavy atom. The SMILES string of the molecule is Cc1cc(C(NN)C2CCCCC2)sc1Br. The normalized spacial score (nSPS) is 19.9. The molecule has 1 unspecified atom stereocenters. The standard InChI is InChI=1S/C12H19BrN2S/c1-8-7-10(16-12(8)13)11(15-14)9-5-3-2-4-6-9/h7,9,11,15H,2-6,14H2,1H3. The zero-order valence-corrected chi connectivity index (χ0v) is 12.0. The van der Waals surface area contributed by atoms with Gasteiger partial charge in [-0.3, -0.25) is 11.3 Å². The number of nitrogens with two attached hydrogens (primary N) is 1. The Kier molecular flexibility index (Phi) is 4.41. The molecule has 3 N–H and O–H groups in total. The molecule has 1 aromatic rings. The van der Waals surface area contributed by atoms with Crippen LogP contribution in [0.1, 0.15) is 48.6 Å². The van der Waals surface area contributed by atoms with Gasteiger partial charge in [-0.25, -0.2) is 0 Å². The second-order valence-corrected chi connectivity index (χ2v) is 7.05. The van der Waals surface area contributed by atoms with Crippen LogP contribution >= 0.6 is 27.3 Å². The van der Waals surface area contributed by atoms with Gasteiger partial charge in [0.25, 0.3) is 0 Å². The van der Waals surface area contributed by atoms with Gasteiger partial charge in [0.2, 0.25) is 0 Å². The predicted octanol–water partition coefficient (Wildman–Crippen LogP) is 3.90. The summed E-state index contributed by atoms with van der Waals surface area (Å²) in [5, 5.41) is 0. The summed E-state index contributed by atoms with van der Waals surface area (Å²) in [6.07, 6.45) is 6.72. The Morgan fingerprint density at radius 1 is 1.44 bits per heavy atom. The summed E-state index contributed by atoms with van der Waals surface area (Å²) in [6, 6.07) is 2.60. The lowest BCUT2D eigenvalue weighted by atomic mass is 9.83. The van der Waals surface area contributed by atoms with Crippen LogP contribution in [0.5, 0.6) is 0 Å². The highest BCUT2D eigenvalue weighted by molar-refractivity contribution is 9.11. The van der Waals surface area contributed by atoms with Crippen molar-refractivity contribution in [3.8, 4) is 0 Å². The molecule has 0 spiro atoms. The van der Waals surface area contributed by atoms with Crippen molar-refractivity contribution in [1.29, 1.82) is 0 Å². The molecule has 1 atom stereocenters. The molecular formula is C12H19BrN2S. The second-order valence-electron chi connectivity index (χ2n) is 4.65. The fourth-order valence-electron chi connectivity index (χ4n) is 2.55. The Balaban J connectivity index is 2.14. The van der Waals surface area contributed by atoms with Gasteiger partial charge in [-0.05, 0) is 53.2 Å². The first-order valence-corrected chi connectivity index (χ1v) is 7.55. The maximum absolute atomic E-state index is 5.74. The van der Waals surface area contributed by atoms with Gasteiger partial charge in [0.15, 0.2) is 0 Å². The molecule has 1 saturated carbocycles. The molecule has 1 aliphatic rings. The zero-order chi connectivity index (χ0) is 11.5. The Bertz CT molecular complexity index is 325. The minimum Gasteiger partial charge on any atom is -0.271 e. The molecule has 4 heteroatoms. The molecule has 1 aliphatic carbocycles. The van der Waals surface area contributed by atoms with E-state index in [9.17, 15) is 0 Å². The first-order valence-electron chi connectivity index (χ1n) is 5.94. The van der Waals surface area contributed by atoms with Crippen LogP contribution in [0.2, 0.25) is 0 Å². The van der Waals surface area contributed by atoms with Crippen LogP contribution in [0.4, 0.5) is 0 Å².